The number of Topliss-reactive ketones (excluding diaryl/α,β-unsaturated/α-hetero) is 1. The minimum atomic E-state index is -1.00. The summed E-state index contributed by atoms with van der Waals surface area (Å²) in [5, 5.41) is 2.61. The number of benzene rings is 1. The number of hydrogen-bond acceptors (Lipinski definition) is 6. The number of ether oxygens (including phenoxy) is 1. The third-order valence-corrected chi connectivity index (χ3v) is 5.64. The Morgan fingerprint density at radius 3 is 2.17 bits per heavy atom. The SMILES string of the molecule is CC(=O)Nc1ccc(C(=O)[C@H](C)OC(=O)CCN2C(=O)[C@H]3CCCC[C@@H]3C2=O)cc1. The molecule has 1 N–H and O–H groups in total. The van der Waals surface area contributed by atoms with E-state index in [9.17, 15) is 24.0 Å². The fourth-order valence-corrected chi connectivity index (χ4v) is 4.12. The number of esters is 1. The molecule has 1 saturated carbocycles. The summed E-state index contributed by atoms with van der Waals surface area (Å²) in [6, 6.07) is 6.27. The Bertz CT molecular complexity index is 839. The van der Waals surface area contributed by atoms with Gasteiger partial charge < -0.3 is 10.1 Å². The first-order valence-corrected chi connectivity index (χ1v) is 10.2. The Morgan fingerprint density at radius 2 is 1.63 bits per heavy atom. The number of carbonyl (C=O) groups is 5. The van der Waals surface area contributed by atoms with Crippen molar-refractivity contribution < 1.29 is 28.7 Å². The van der Waals surface area contributed by atoms with Gasteiger partial charge in [-0.15, -0.1) is 0 Å². The zero-order valence-corrected chi connectivity index (χ0v) is 17.2. The van der Waals surface area contributed by atoms with Gasteiger partial charge in [0, 0.05) is 24.7 Å². The fourth-order valence-electron chi connectivity index (χ4n) is 4.12. The number of hydrogen-bond donors (Lipinski definition) is 1. The van der Waals surface area contributed by atoms with Crippen molar-refractivity contribution in [1.82, 2.24) is 4.90 Å². The maximum atomic E-state index is 12.5. The molecule has 30 heavy (non-hydrogen) atoms. The summed E-state index contributed by atoms with van der Waals surface area (Å²) in [4.78, 5) is 61.8. The molecule has 0 unspecified atom stereocenters. The lowest BCUT2D eigenvalue weighted by Gasteiger charge is -2.19. The number of anilines is 1. The molecule has 0 bridgehead atoms. The second kappa shape index (κ2) is 9.19. The number of nitrogens with one attached hydrogen (secondary N) is 1. The van der Waals surface area contributed by atoms with Crippen molar-refractivity contribution >= 4 is 35.2 Å². The Balaban J connectivity index is 1.50. The Labute approximate surface area is 174 Å². The van der Waals surface area contributed by atoms with E-state index in [2.05, 4.69) is 5.32 Å². The van der Waals surface area contributed by atoms with Crippen molar-refractivity contribution in [3.05, 3.63) is 29.8 Å². The Hall–Kier alpha value is -3.03. The van der Waals surface area contributed by atoms with Crippen LogP contribution in [-0.4, -0.2) is 47.0 Å². The summed E-state index contributed by atoms with van der Waals surface area (Å²) in [5.41, 5.74) is 0.905. The molecule has 1 saturated heterocycles. The smallest absolute Gasteiger partial charge is 0.308 e. The van der Waals surface area contributed by atoms with E-state index in [1.807, 2.05) is 0 Å². The summed E-state index contributed by atoms with van der Waals surface area (Å²) < 4.78 is 5.20. The summed E-state index contributed by atoms with van der Waals surface area (Å²) >= 11 is 0. The lowest BCUT2D eigenvalue weighted by atomic mass is 9.81. The fraction of sp³-hybridized carbons (Fsp3) is 0.500. The van der Waals surface area contributed by atoms with E-state index in [4.69, 9.17) is 4.74 Å². The van der Waals surface area contributed by atoms with Gasteiger partial charge in [-0.3, -0.25) is 28.9 Å². The minimum absolute atomic E-state index is 0.0180. The first-order valence-electron chi connectivity index (χ1n) is 10.2. The summed E-state index contributed by atoms with van der Waals surface area (Å²) in [7, 11) is 0. The number of fused-ring (bicyclic) bond motifs is 1. The van der Waals surface area contributed by atoms with Crippen molar-refractivity contribution in [2.75, 3.05) is 11.9 Å². The van der Waals surface area contributed by atoms with Crippen LogP contribution >= 0.6 is 0 Å². The van der Waals surface area contributed by atoms with Gasteiger partial charge in [0.15, 0.2) is 6.10 Å². The maximum absolute atomic E-state index is 12.5. The molecular formula is C22H26N2O6. The number of carbonyl (C=O) groups excluding carboxylic acids is 5. The van der Waals surface area contributed by atoms with Crippen LogP contribution in [0.25, 0.3) is 0 Å². The van der Waals surface area contributed by atoms with E-state index in [0.717, 1.165) is 25.7 Å². The zero-order valence-electron chi connectivity index (χ0n) is 17.2. The summed E-state index contributed by atoms with van der Waals surface area (Å²) in [6.07, 6.45) is 2.20. The summed E-state index contributed by atoms with van der Waals surface area (Å²) in [5.74, 6) is -2.11. The van der Waals surface area contributed by atoms with E-state index in [1.54, 1.807) is 24.3 Å². The van der Waals surface area contributed by atoms with E-state index < -0.39 is 12.1 Å². The lowest BCUT2D eigenvalue weighted by molar-refractivity contribution is -0.148. The maximum Gasteiger partial charge on any atom is 0.308 e. The third-order valence-electron chi connectivity index (χ3n) is 5.64. The van der Waals surface area contributed by atoms with Crippen molar-refractivity contribution in [2.24, 2.45) is 11.8 Å². The quantitative estimate of drug-likeness (QED) is 0.417. The number of likely N-dealkylation sites (tertiary alicyclic amines) is 1. The number of amides is 3. The standard InChI is InChI=1S/C22H26N2O6/c1-13(20(27)15-7-9-16(10-8-15)23-14(2)25)30-19(26)11-12-24-21(28)17-5-3-4-6-18(17)22(24)29/h7-10,13,17-18H,3-6,11-12H2,1-2H3,(H,23,25)/t13-,17-,18-/m0/s1. The molecule has 1 aromatic carbocycles. The van der Waals surface area contributed by atoms with Gasteiger partial charge in [-0.05, 0) is 44.0 Å². The van der Waals surface area contributed by atoms with Crippen LogP contribution in [0.1, 0.15) is 56.3 Å². The molecule has 3 rings (SSSR count). The van der Waals surface area contributed by atoms with Gasteiger partial charge in [-0.1, -0.05) is 12.8 Å². The molecule has 2 fully saturated rings. The number of rotatable bonds is 7. The largest absolute Gasteiger partial charge is 0.454 e. The number of ketones is 1. The summed E-state index contributed by atoms with van der Waals surface area (Å²) in [6.45, 7) is 2.84. The van der Waals surface area contributed by atoms with E-state index >= 15 is 0 Å². The topological polar surface area (TPSA) is 110 Å². The second-order valence-electron chi connectivity index (χ2n) is 7.83. The average Bonchev–Trinajstić information content (AvgIpc) is 2.96. The molecule has 1 aromatic rings. The van der Waals surface area contributed by atoms with Crippen molar-refractivity contribution in [1.29, 1.82) is 0 Å². The molecule has 1 heterocycles. The van der Waals surface area contributed by atoms with E-state index in [1.165, 1.54) is 18.7 Å². The molecule has 1 aliphatic heterocycles. The van der Waals surface area contributed by atoms with Gasteiger partial charge in [0.05, 0.1) is 18.3 Å². The molecule has 1 aliphatic carbocycles. The van der Waals surface area contributed by atoms with Crippen molar-refractivity contribution in [3.63, 3.8) is 0 Å². The zero-order chi connectivity index (χ0) is 21.8. The van der Waals surface area contributed by atoms with Gasteiger partial charge in [-0.25, -0.2) is 0 Å². The molecule has 3 amide bonds. The van der Waals surface area contributed by atoms with Crippen LogP contribution in [0, 0.1) is 11.8 Å². The molecule has 0 spiro atoms. The van der Waals surface area contributed by atoms with E-state index in [0.29, 0.717) is 11.3 Å². The molecule has 3 atom stereocenters. The second-order valence-corrected chi connectivity index (χ2v) is 7.83. The van der Waals surface area contributed by atoms with Crippen LogP contribution in [0.3, 0.4) is 0 Å². The monoisotopic (exact) mass is 414 g/mol. The van der Waals surface area contributed by atoms with Gasteiger partial charge in [-0.2, -0.15) is 0 Å². The highest BCUT2D eigenvalue weighted by molar-refractivity contribution is 6.05. The van der Waals surface area contributed by atoms with Gasteiger partial charge in [0.1, 0.15) is 0 Å². The van der Waals surface area contributed by atoms with Crippen LogP contribution < -0.4 is 5.32 Å². The Morgan fingerprint density at radius 1 is 1.07 bits per heavy atom. The van der Waals surface area contributed by atoms with Crippen LogP contribution in [0.15, 0.2) is 24.3 Å². The lowest BCUT2D eigenvalue weighted by Crippen LogP contribution is -2.34. The first kappa shape index (κ1) is 21.7. The minimum Gasteiger partial charge on any atom is -0.454 e. The highest BCUT2D eigenvalue weighted by Crippen LogP contribution is 2.38. The predicted octanol–water partition coefficient (Wildman–Crippen LogP) is 2.32. The van der Waals surface area contributed by atoms with Crippen molar-refractivity contribution in [2.45, 2.75) is 52.1 Å². The van der Waals surface area contributed by atoms with Gasteiger partial charge in [0.25, 0.3) is 0 Å². The molecule has 0 aromatic heterocycles. The predicted molar refractivity (Wildman–Crippen MR) is 107 cm³/mol. The van der Waals surface area contributed by atoms with Crippen LogP contribution in [0.4, 0.5) is 5.69 Å². The molecular weight excluding hydrogens is 388 g/mol. The highest BCUT2D eigenvalue weighted by Gasteiger charge is 2.47. The van der Waals surface area contributed by atoms with Gasteiger partial charge >= 0.3 is 5.97 Å². The number of nitrogens with zero attached hydrogens (tertiary/aromatic N) is 1. The molecule has 2 aliphatic rings. The Kier molecular flexibility index (Phi) is 6.64. The number of imide groups is 1. The third kappa shape index (κ3) is 4.75. The van der Waals surface area contributed by atoms with Crippen LogP contribution in [0.2, 0.25) is 0 Å². The van der Waals surface area contributed by atoms with Crippen LogP contribution in [-0.2, 0) is 23.9 Å². The van der Waals surface area contributed by atoms with Crippen LogP contribution in [0.5, 0.6) is 0 Å². The molecule has 8 nitrogen and oxygen atoms in total. The highest BCUT2D eigenvalue weighted by atomic mass is 16.5. The molecule has 160 valence electrons. The van der Waals surface area contributed by atoms with Crippen molar-refractivity contribution in [3.8, 4) is 0 Å². The normalized spacial score (nSPS) is 21.7. The van der Waals surface area contributed by atoms with E-state index in [-0.39, 0.29) is 48.3 Å². The molecule has 0 radical (unpaired) electrons. The first-order chi connectivity index (χ1) is 14.3. The molecule has 8 heteroatoms. The average molecular weight is 414 g/mol. The van der Waals surface area contributed by atoms with Gasteiger partial charge in [0.2, 0.25) is 23.5 Å².